The van der Waals surface area contributed by atoms with Crippen molar-refractivity contribution in [3.63, 3.8) is 0 Å². The topological polar surface area (TPSA) is 51.8 Å². The quantitative estimate of drug-likeness (QED) is 0.747. The number of thioether (sulfide) groups is 1. The number of thiophene rings is 1. The number of nitrogens with zero attached hydrogens (tertiary/aromatic N) is 2. The number of hydrogen-bond donors (Lipinski definition) is 1. The van der Waals surface area contributed by atoms with Crippen molar-refractivity contribution in [3.05, 3.63) is 47.1 Å². The van der Waals surface area contributed by atoms with Gasteiger partial charge in [-0.05, 0) is 29.6 Å². The molecule has 0 atom stereocenters. The summed E-state index contributed by atoms with van der Waals surface area (Å²) in [6.07, 6.45) is 0. The van der Waals surface area contributed by atoms with E-state index in [-0.39, 0.29) is 0 Å². The second-order valence-electron chi connectivity index (χ2n) is 4.03. The lowest BCUT2D eigenvalue weighted by Crippen LogP contribution is -1.98. The number of rotatable bonds is 3. The molecule has 1 aromatic carbocycles. The molecule has 0 aliphatic heterocycles. The van der Waals surface area contributed by atoms with E-state index in [2.05, 4.69) is 9.97 Å². The molecule has 0 unspecified atom stereocenters. The molecule has 7 heteroatoms. The van der Waals surface area contributed by atoms with Crippen molar-refractivity contribution in [1.29, 1.82) is 0 Å². The number of fused-ring (bicyclic) bond motifs is 1. The van der Waals surface area contributed by atoms with Crippen LogP contribution in [0.15, 0.2) is 34.5 Å². The van der Waals surface area contributed by atoms with Crippen molar-refractivity contribution >= 4 is 39.1 Å². The SMILES string of the molecule is Nc1nc(CSc2ccc(F)c(F)c2)nc2sccc12. The first kappa shape index (κ1) is 13.3. The van der Waals surface area contributed by atoms with Crippen LogP contribution in [0.25, 0.3) is 10.2 Å². The zero-order chi connectivity index (χ0) is 14.1. The largest absolute Gasteiger partial charge is 0.383 e. The Morgan fingerprint density at radius 1 is 1.15 bits per heavy atom. The van der Waals surface area contributed by atoms with Crippen LogP contribution in [-0.4, -0.2) is 9.97 Å². The van der Waals surface area contributed by atoms with E-state index in [0.717, 1.165) is 22.3 Å². The minimum atomic E-state index is -0.857. The molecule has 2 heterocycles. The molecule has 0 aliphatic carbocycles. The number of nitrogen functional groups attached to an aromatic ring is 1. The molecule has 0 amide bonds. The van der Waals surface area contributed by atoms with Gasteiger partial charge in [0.05, 0.1) is 11.1 Å². The van der Waals surface area contributed by atoms with Gasteiger partial charge >= 0.3 is 0 Å². The van der Waals surface area contributed by atoms with Gasteiger partial charge in [-0.3, -0.25) is 0 Å². The van der Waals surface area contributed by atoms with Crippen LogP contribution in [0, 0.1) is 11.6 Å². The Balaban J connectivity index is 1.80. The highest BCUT2D eigenvalue weighted by Gasteiger charge is 2.08. The van der Waals surface area contributed by atoms with Gasteiger partial charge in [-0.15, -0.1) is 23.1 Å². The summed E-state index contributed by atoms with van der Waals surface area (Å²) in [7, 11) is 0. The summed E-state index contributed by atoms with van der Waals surface area (Å²) in [5, 5.41) is 2.75. The fraction of sp³-hybridized carbons (Fsp3) is 0.0769. The molecular formula is C13H9F2N3S2. The summed E-state index contributed by atoms with van der Waals surface area (Å²) in [5.41, 5.74) is 5.85. The Labute approximate surface area is 121 Å². The van der Waals surface area contributed by atoms with Gasteiger partial charge in [0, 0.05) is 4.90 Å². The molecule has 0 spiro atoms. The lowest BCUT2D eigenvalue weighted by Gasteiger charge is -2.03. The molecule has 0 aliphatic rings. The van der Waals surface area contributed by atoms with Gasteiger partial charge in [-0.1, -0.05) is 0 Å². The van der Waals surface area contributed by atoms with Crippen molar-refractivity contribution in [2.75, 3.05) is 5.73 Å². The normalized spacial score (nSPS) is 11.1. The van der Waals surface area contributed by atoms with Crippen molar-refractivity contribution in [2.24, 2.45) is 0 Å². The number of anilines is 1. The van der Waals surface area contributed by atoms with E-state index >= 15 is 0 Å². The lowest BCUT2D eigenvalue weighted by atomic mass is 10.3. The van der Waals surface area contributed by atoms with Gasteiger partial charge in [0.15, 0.2) is 11.6 Å². The van der Waals surface area contributed by atoms with Crippen LogP contribution in [0.5, 0.6) is 0 Å². The summed E-state index contributed by atoms with van der Waals surface area (Å²) < 4.78 is 25.9. The van der Waals surface area contributed by atoms with E-state index in [4.69, 9.17) is 5.73 Å². The number of hydrogen-bond acceptors (Lipinski definition) is 5. The van der Waals surface area contributed by atoms with Gasteiger partial charge in [0.1, 0.15) is 16.5 Å². The summed E-state index contributed by atoms with van der Waals surface area (Å²) >= 11 is 2.83. The van der Waals surface area contributed by atoms with Crippen molar-refractivity contribution in [3.8, 4) is 0 Å². The molecular weight excluding hydrogens is 300 g/mol. The van der Waals surface area contributed by atoms with Crippen LogP contribution in [0.4, 0.5) is 14.6 Å². The second kappa shape index (κ2) is 5.34. The zero-order valence-corrected chi connectivity index (χ0v) is 11.8. The highest BCUT2D eigenvalue weighted by molar-refractivity contribution is 7.98. The van der Waals surface area contributed by atoms with E-state index < -0.39 is 11.6 Å². The van der Waals surface area contributed by atoms with Gasteiger partial charge < -0.3 is 5.73 Å². The molecule has 3 nitrogen and oxygen atoms in total. The molecule has 20 heavy (non-hydrogen) atoms. The molecule has 2 N–H and O–H groups in total. The van der Waals surface area contributed by atoms with E-state index in [1.165, 1.54) is 29.2 Å². The van der Waals surface area contributed by atoms with Crippen LogP contribution < -0.4 is 5.73 Å². The Morgan fingerprint density at radius 2 is 2.00 bits per heavy atom. The third kappa shape index (κ3) is 2.59. The fourth-order valence-corrected chi connectivity index (χ4v) is 3.27. The Kier molecular flexibility index (Phi) is 3.54. The van der Waals surface area contributed by atoms with Crippen molar-refractivity contribution < 1.29 is 8.78 Å². The summed E-state index contributed by atoms with van der Waals surface area (Å²) in [6.45, 7) is 0. The summed E-state index contributed by atoms with van der Waals surface area (Å²) in [4.78, 5) is 10.1. The maximum Gasteiger partial charge on any atom is 0.159 e. The van der Waals surface area contributed by atoms with Gasteiger partial charge in [0.2, 0.25) is 0 Å². The molecule has 0 fully saturated rings. The molecule has 0 bridgehead atoms. The van der Waals surface area contributed by atoms with E-state index in [9.17, 15) is 8.78 Å². The molecule has 3 aromatic rings. The van der Waals surface area contributed by atoms with E-state index in [1.807, 2.05) is 11.4 Å². The lowest BCUT2D eigenvalue weighted by molar-refractivity contribution is 0.506. The number of benzene rings is 1. The first-order chi connectivity index (χ1) is 9.63. The molecule has 0 saturated heterocycles. The minimum absolute atomic E-state index is 0.442. The smallest absolute Gasteiger partial charge is 0.159 e. The summed E-state index contributed by atoms with van der Waals surface area (Å²) in [5.74, 6) is -0.244. The van der Waals surface area contributed by atoms with Crippen LogP contribution >= 0.6 is 23.1 Å². The monoisotopic (exact) mass is 309 g/mol. The first-order valence-electron chi connectivity index (χ1n) is 5.71. The molecule has 3 rings (SSSR count). The van der Waals surface area contributed by atoms with E-state index in [0.29, 0.717) is 22.3 Å². The van der Waals surface area contributed by atoms with E-state index in [1.54, 1.807) is 0 Å². The van der Waals surface area contributed by atoms with Crippen LogP contribution in [-0.2, 0) is 5.75 Å². The second-order valence-corrected chi connectivity index (χ2v) is 5.97. The standard InChI is InChI=1S/C13H9F2N3S2/c14-9-2-1-7(5-10(9)15)20-6-11-17-12(16)8-3-4-19-13(8)18-11/h1-5H,6H2,(H2,16,17,18). The summed E-state index contributed by atoms with van der Waals surface area (Å²) in [6, 6.07) is 5.67. The maximum atomic E-state index is 13.1. The van der Waals surface area contributed by atoms with Gasteiger partial charge in [-0.2, -0.15) is 0 Å². The third-order valence-electron chi connectivity index (χ3n) is 2.66. The van der Waals surface area contributed by atoms with Crippen LogP contribution in [0.1, 0.15) is 5.82 Å². The molecule has 2 aromatic heterocycles. The maximum absolute atomic E-state index is 13.1. The average Bonchev–Trinajstić information content (AvgIpc) is 2.89. The third-order valence-corrected chi connectivity index (χ3v) is 4.46. The highest BCUT2D eigenvalue weighted by atomic mass is 32.2. The van der Waals surface area contributed by atoms with Crippen LogP contribution in [0.2, 0.25) is 0 Å². The van der Waals surface area contributed by atoms with Gasteiger partial charge in [-0.25, -0.2) is 18.7 Å². The average molecular weight is 309 g/mol. The predicted octanol–water partition coefficient (Wildman–Crippen LogP) is 3.84. The number of aromatic nitrogens is 2. The molecule has 102 valence electrons. The molecule has 0 saturated carbocycles. The van der Waals surface area contributed by atoms with Crippen molar-refractivity contribution in [1.82, 2.24) is 9.97 Å². The Hall–Kier alpha value is -1.73. The zero-order valence-electron chi connectivity index (χ0n) is 10.1. The predicted molar refractivity (Wildman–Crippen MR) is 77.7 cm³/mol. The molecule has 0 radical (unpaired) electrons. The first-order valence-corrected chi connectivity index (χ1v) is 7.57. The Bertz CT molecular complexity index is 773. The van der Waals surface area contributed by atoms with Crippen molar-refractivity contribution in [2.45, 2.75) is 10.6 Å². The number of nitrogens with two attached hydrogens (primary N) is 1. The fourth-order valence-electron chi connectivity index (χ4n) is 1.70. The van der Waals surface area contributed by atoms with Gasteiger partial charge in [0.25, 0.3) is 0 Å². The minimum Gasteiger partial charge on any atom is -0.383 e. The Morgan fingerprint density at radius 3 is 2.80 bits per heavy atom. The highest BCUT2D eigenvalue weighted by Crippen LogP contribution is 2.27. The van der Waals surface area contributed by atoms with Crippen LogP contribution in [0.3, 0.4) is 0 Å². The number of halogens is 2.